The normalized spacial score (nSPS) is 29.0. The van der Waals surface area contributed by atoms with Gasteiger partial charge in [0.25, 0.3) is 5.91 Å². The number of aliphatic imine (C=N–C) groups is 1. The molecule has 1 atom stereocenters. The van der Waals surface area contributed by atoms with Crippen LogP contribution in [0.15, 0.2) is 47.5 Å². The molecule has 3 aliphatic rings. The minimum absolute atomic E-state index is 0.117. The SMILES string of the molecule is CCOC1CCC2(CC1)Cc1ccc(-c3cccc(OC)c3)cc1C21N=C(C)N(C)C1=O. The number of rotatable bonds is 4. The van der Waals surface area contributed by atoms with Crippen LogP contribution in [0, 0.1) is 5.41 Å². The van der Waals surface area contributed by atoms with Crippen molar-refractivity contribution in [1.82, 2.24) is 4.90 Å². The Balaban J connectivity index is 1.62. The van der Waals surface area contributed by atoms with E-state index in [2.05, 4.69) is 31.2 Å². The number of hydrogen-bond acceptors (Lipinski definition) is 4. The lowest BCUT2D eigenvalue weighted by molar-refractivity contribution is -0.137. The van der Waals surface area contributed by atoms with Gasteiger partial charge in [0.05, 0.1) is 13.2 Å². The zero-order valence-corrected chi connectivity index (χ0v) is 19.5. The number of hydrogen-bond donors (Lipinski definition) is 0. The van der Waals surface area contributed by atoms with Crippen molar-refractivity contribution in [2.24, 2.45) is 10.4 Å². The van der Waals surface area contributed by atoms with Crippen LogP contribution in [0.5, 0.6) is 5.75 Å². The third-order valence-corrected chi connectivity index (χ3v) is 7.92. The van der Waals surface area contributed by atoms with Crippen LogP contribution >= 0.6 is 0 Å². The van der Waals surface area contributed by atoms with Crippen LogP contribution in [0.25, 0.3) is 11.1 Å². The topological polar surface area (TPSA) is 51.1 Å². The zero-order chi connectivity index (χ0) is 22.5. The summed E-state index contributed by atoms with van der Waals surface area (Å²) in [5.74, 6) is 1.75. The average Bonchev–Trinajstić information content (AvgIpc) is 3.21. The van der Waals surface area contributed by atoms with Gasteiger partial charge in [-0.25, -0.2) is 0 Å². The van der Waals surface area contributed by atoms with E-state index in [1.807, 2.05) is 32.2 Å². The predicted molar refractivity (Wildman–Crippen MR) is 126 cm³/mol. The van der Waals surface area contributed by atoms with Crippen molar-refractivity contribution in [3.05, 3.63) is 53.6 Å². The van der Waals surface area contributed by atoms with Crippen molar-refractivity contribution in [1.29, 1.82) is 0 Å². The van der Waals surface area contributed by atoms with Gasteiger partial charge in [-0.3, -0.25) is 9.79 Å². The molecule has 168 valence electrons. The molecule has 2 aromatic rings. The Kier molecular flexibility index (Phi) is 5.12. The van der Waals surface area contributed by atoms with E-state index in [-0.39, 0.29) is 17.4 Å². The molecule has 1 heterocycles. The maximum Gasteiger partial charge on any atom is 0.260 e. The number of likely N-dealkylation sites (N-methyl/N-ethyl adjacent to an activating group) is 1. The summed E-state index contributed by atoms with van der Waals surface area (Å²) in [7, 11) is 3.54. The van der Waals surface area contributed by atoms with E-state index in [9.17, 15) is 4.79 Å². The number of carbonyl (C=O) groups excluding carboxylic acids is 1. The molecule has 0 saturated heterocycles. The van der Waals surface area contributed by atoms with E-state index in [0.29, 0.717) is 0 Å². The molecular formula is C27H32N2O3. The van der Waals surface area contributed by atoms with Crippen molar-refractivity contribution in [2.75, 3.05) is 20.8 Å². The molecule has 1 unspecified atom stereocenters. The number of methoxy groups -OCH3 is 1. The number of amidine groups is 1. The molecule has 5 nitrogen and oxygen atoms in total. The number of carbonyl (C=O) groups is 1. The molecule has 1 aliphatic heterocycles. The van der Waals surface area contributed by atoms with Gasteiger partial charge in [0.1, 0.15) is 11.6 Å². The second-order valence-corrected chi connectivity index (χ2v) is 9.45. The first-order chi connectivity index (χ1) is 15.4. The van der Waals surface area contributed by atoms with E-state index in [4.69, 9.17) is 14.5 Å². The molecule has 32 heavy (non-hydrogen) atoms. The molecule has 0 radical (unpaired) electrons. The van der Waals surface area contributed by atoms with Crippen LogP contribution in [-0.2, 0) is 21.5 Å². The van der Waals surface area contributed by atoms with Gasteiger partial charge in [0.2, 0.25) is 0 Å². The largest absolute Gasteiger partial charge is 0.497 e. The summed E-state index contributed by atoms with van der Waals surface area (Å²) in [6.07, 6.45) is 5.07. The van der Waals surface area contributed by atoms with Gasteiger partial charge in [-0.1, -0.05) is 24.3 Å². The van der Waals surface area contributed by atoms with Crippen molar-refractivity contribution in [3.8, 4) is 16.9 Å². The van der Waals surface area contributed by atoms with E-state index >= 15 is 0 Å². The van der Waals surface area contributed by atoms with Crippen molar-refractivity contribution in [2.45, 2.75) is 57.6 Å². The zero-order valence-electron chi connectivity index (χ0n) is 19.5. The fraction of sp³-hybridized carbons (Fsp3) is 0.481. The Bertz CT molecular complexity index is 1080. The number of fused-ring (bicyclic) bond motifs is 3. The maximum atomic E-state index is 13.9. The maximum absolute atomic E-state index is 13.9. The lowest BCUT2D eigenvalue weighted by atomic mass is 9.61. The van der Waals surface area contributed by atoms with Crippen LogP contribution in [0.3, 0.4) is 0 Å². The van der Waals surface area contributed by atoms with E-state index in [1.165, 1.54) is 5.56 Å². The van der Waals surface area contributed by atoms with Crippen LogP contribution < -0.4 is 4.74 Å². The summed E-state index contributed by atoms with van der Waals surface area (Å²) in [4.78, 5) is 20.8. The van der Waals surface area contributed by atoms with Gasteiger partial charge in [-0.15, -0.1) is 0 Å². The molecule has 5 rings (SSSR count). The molecule has 2 aromatic carbocycles. The van der Waals surface area contributed by atoms with Crippen LogP contribution in [0.4, 0.5) is 0 Å². The molecule has 1 fully saturated rings. The highest BCUT2D eigenvalue weighted by Gasteiger charge is 2.65. The second-order valence-electron chi connectivity index (χ2n) is 9.45. The molecule has 2 spiro atoms. The Morgan fingerprint density at radius 3 is 2.53 bits per heavy atom. The standard InChI is InChI=1S/C27H32N2O3/c1-5-32-22-11-13-26(14-12-22)17-21-10-9-20(19-7-6-8-23(15-19)31-4)16-24(21)27(26)25(30)29(3)18(2)28-27/h6-10,15-16,22H,5,11-14,17H2,1-4H3. The number of nitrogens with zero attached hydrogens (tertiary/aromatic N) is 2. The Hall–Kier alpha value is -2.66. The minimum atomic E-state index is -0.826. The van der Waals surface area contributed by atoms with Gasteiger partial charge in [-0.2, -0.15) is 0 Å². The average molecular weight is 433 g/mol. The summed E-state index contributed by atoms with van der Waals surface area (Å²) in [5, 5.41) is 0. The van der Waals surface area contributed by atoms with E-state index in [0.717, 1.165) is 67.0 Å². The van der Waals surface area contributed by atoms with E-state index < -0.39 is 5.54 Å². The fourth-order valence-electron chi connectivity index (χ4n) is 6.19. The summed E-state index contributed by atoms with van der Waals surface area (Å²) < 4.78 is 11.4. The van der Waals surface area contributed by atoms with Crippen molar-refractivity contribution in [3.63, 3.8) is 0 Å². The van der Waals surface area contributed by atoms with Gasteiger partial charge in [0, 0.05) is 19.1 Å². The smallest absolute Gasteiger partial charge is 0.260 e. The van der Waals surface area contributed by atoms with Crippen LogP contribution in [-0.4, -0.2) is 43.5 Å². The van der Waals surface area contributed by atoms with Crippen molar-refractivity contribution < 1.29 is 14.3 Å². The molecule has 0 aromatic heterocycles. The highest BCUT2D eigenvalue weighted by molar-refractivity contribution is 6.08. The predicted octanol–water partition coefficient (Wildman–Crippen LogP) is 4.97. The van der Waals surface area contributed by atoms with Crippen LogP contribution in [0.1, 0.15) is 50.7 Å². The Labute approximate surface area is 190 Å². The summed E-state index contributed by atoms with van der Waals surface area (Å²) in [5.41, 5.74) is 3.51. The fourth-order valence-corrected chi connectivity index (χ4v) is 6.19. The first-order valence-corrected chi connectivity index (χ1v) is 11.7. The lowest BCUT2D eigenvalue weighted by Gasteiger charge is -2.45. The van der Waals surface area contributed by atoms with Gasteiger partial charge >= 0.3 is 0 Å². The summed E-state index contributed by atoms with van der Waals surface area (Å²) in [6.45, 7) is 4.75. The number of benzene rings is 2. The van der Waals surface area contributed by atoms with Gasteiger partial charge < -0.3 is 14.4 Å². The first-order valence-electron chi connectivity index (χ1n) is 11.7. The summed E-state index contributed by atoms with van der Waals surface area (Å²) in [6, 6.07) is 14.7. The molecule has 1 saturated carbocycles. The summed E-state index contributed by atoms with van der Waals surface area (Å²) >= 11 is 0. The number of ether oxygens (including phenoxy) is 2. The third-order valence-electron chi connectivity index (χ3n) is 7.92. The molecule has 1 amide bonds. The molecule has 5 heteroatoms. The highest BCUT2D eigenvalue weighted by Crippen LogP contribution is 2.62. The number of amides is 1. The molecular weight excluding hydrogens is 400 g/mol. The Morgan fingerprint density at radius 1 is 1.12 bits per heavy atom. The Morgan fingerprint density at radius 2 is 1.88 bits per heavy atom. The van der Waals surface area contributed by atoms with Gasteiger partial charge in [-0.05, 0) is 86.4 Å². The minimum Gasteiger partial charge on any atom is -0.497 e. The quantitative estimate of drug-likeness (QED) is 0.685. The van der Waals surface area contributed by atoms with Crippen LogP contribution in [0.2, 0.25) is 0 Å². The highest BCUT2D eigenvalue weighted by atomic mass is 16.5. The third kappa shape index (κ3) is 2.94. The molecule has 0 bridgehead atoms. The molecule has 0 N–H and O–H groups in total. The molecule has 2 aliphatic carbocycles. The monoisotopic (exact) mass is 432 g/mol. The first kappa shape index (κ1) is 21.2. The van der Waals surface area contributed by atoms with Crippen molar-refractivity contribution >= 4 is 11.7 Å². The lowest BCUT2D eigenvalue weighted by Crippen LogP contribution is -2.51. The van der Waals surface area contributed by atoms with Gasteiger partial charge in [0.15, 0.2) is 5.54 Å². The van der Waals surface area contributed by atoms with E-state index in [1.54, 1.807) is 12.0 Å². The second kappa shape index (κ2) is 7.73.